The Kier molecular flexibility index (Phi) is 8.26. The number of carbonyl (C=O) groups is 1. The molecule has 1 aliphatic rings. The normalized spacial score (nSPS) is 14.6. The Morgan fingerprint density at radius 1 is 1.06 bits per heavy atom. The van der Waals surface area contributed by atoms with Gasteiger partial charge in [-0.3, -0.25) is 9.69 Å². The predicted octanol–water partition coefficient (Wildman–Crippen LogP) is 5.45. The molecule has 0 atom stereocenters. The van der Waals surface area contributed by atoms with Gasteiger partial charge in [-0.2, -0.15) is 0 Å². The summed E-state index contributed by atoms with van der Waals surface area (Å²) in [6.45, 7) is 6.14. The molecule has 0 saturated carbocycles. The van der Waals surface area contributed by atoms with Crippen molar-refractivity contribution in [3.8, 4) is 5.75 Å². The molecule has 1 aliphatic heterocycles. The number of ether oxygens (including phenoxy) is 1. The average molecular weight is 472 g/mol. The summed E-state index contributed by atoms with van der Waals surface area (Å²) in [5.41, 5.74) is 2.12. The van der Waals surface area contributed by atoms with Gasteiger partial charge in [0.2, 0.25) is 5.91 Å². The van der Waals surface area contributed by atoms with Crippen molar-refractivity contribution in [2.45, 2.75) is 19.3 Å². The number of thiophene rings is 1. The second-order valence-electron chi connectivity index (χ2n) is 8.01. The smallest absolute Gasteiger partial charge is 0.225 e. The number of halogens is 1. The zero-order valence-corrected chi connectivity index (χ0v) is 19.8. The van der Waals surface area contributed by atoms with Crippen LogP contribution in [0.1, 0.15) is 19.3 Å². The number of nitrogens with zero attached hydrogens (tertiary/aromatic N) is 2. The van der Waals surface area contributed by atoms with Crippen molar-refractivity contribution in [2.75, 3.05) is 55.4 Å². The Morgan fingerprint density at radius 2 is 1.91 bits per heavy atom. The van der Waals surface area contributed by atoms with Crippen LogP contribution >= 0.6 is 22.9 Å². The highest BCUT2D eigenvalue weighted by molar-refractivity contribution is 7.17. The number of anilines is 2. The molecule has 1 fully saturated rings. The maximum absolute atomic E-state index is 11.7. The highest BCUT2D eigenvalue weighted by Gasteiger charge is 2.18. The van der Waals surface area contributed by atoms with E-state index in [4.69, 9.17) is 16.3 Å². The van der Waals surface area contributed by atoms with Crippen molar-refractivity contribution in [3.05, 3.63) is 53.9 Å². The van der Waals surface area contributed by atoms with E-state index in [9.17, 15) is 4.79 Å². The molecular weight excluding hydrogens is 442 g/mol. The summed E-state index contributed by atoms with van der Waals surface area (Å²) in [5.74, 6) is 1.02. The monoisotopic (exact) mass is 471 g/mol. The first-order valence-electron chi connectivity index (χ1n) is 11.2. The molecule has 4 rings (SSSR count). The highest BCUT2D eigenvalue weighted by Crippen LogP contribution is 2.31. The van der Waals surface area contributed by atoms with Crippen molar-refractivity contribution < 1.29 is 9.53 Å². The molecule has 32 heavy (non-hydrogen) atoms. The maximum Gasteiger partial charge on any atom is 0.225 e. The number of alkyl halides is 1. The maximum atomic E-state index is 11.7. The van der Waals surface area contributed by atoms with E-state index in [2.05, 4.69) is 44.8 Å². The molecule has 7 heteroatoms. The number of fused-ring (bicyclic) bond motifs is 1. The Balaban J connectivity index is 1.15. The van der Waals surface area contributed by atoms with Crippen molar-refractivity contribution in [2.24, 2.45) is 0 Å². The summed E-state index contributed by atoms with van der Waals surface area (Å²) in [6.07, 6.45) is 2.44. The minimum Gasteiger partial charge on any atom is -0.494 e. The van der Waals surface area contributed by atoms with Crippen LogP contribution in [0.3, 0.4) is 0 Å². The Labute approximate surface area is 198 Å². The van der Waals surface area contributed by atoms with Crippen LogP contribution in [-0.4, -0.2) is 56.0 Å². The third-order valence-electron chi connectivity index (χ3n) is 5.76. The van der Waals surface area contributed by atoms with Crippen LogP contribution in [0.25, 0.3) is 10.1 Å². The van der Waals surface area contributed by atoms with Gasteiger partial charge in [0, 0.05) is 66.0 Å². The third kappa shape index (κ3) is 6.15. The fourth-order valence-electron chi connectivity index (χ4n) is 4.07. The van der Waals surface area contributed by atoms with Crippen LogP contribution < -0.4 is 15.0 Å². The number of amides is 1. The molecule has 0 unspecified atom stereocenters. The summed E-state index contributed by atoms with van der Waals surface area (Å²) in [6, 6.07) is 16.4. The number of hydrogen-bond donors (Lipinski definition) is 1. The quantitative estimate of drug-likeness (QED) is 0.315. The highest BCUT2D eigenvalue weighted by atomic mass is 35.5. The van der Waals surface area contributed by atoms with Gasteiger partial charge in [0.05, 0.1) is 6.61 Å². The van der Waals surface area contributed by atoms with E-state index < -0.39 is 0 Å². The predicted molar refractivity (Wildman–Crippen MR) is 136 cm³/mol. The second kappa shape index (κ2) is 11.5. The topological polar surface area (TPSA) is 44.8 Å². The van der Waals surface area contributed by atoms with Crippen LogP contribution in [0, 0.1) is 0 Å². The minimum absolute atomic E-state index is 0.0794. The van der Waals surface area contributed by atoms with E-state index in [1.807, 2.05) is 35.6 Å². The zero-order chi connectivity index (χ0) is 22.2. The lowest BCUT2D eigenvalue weighted by molar-refractivity contribution is -0.115. The van der Waals surface area contributed by atoms with Crippen molar-refractivity contribution >= 4 is 50.3 Å². The van der Waals surface area contributed by atoms with Crippen LogP contribution in [-0.2, 0) is 4.79 Å². The van der Waals surface area contributed by atoms with Gasteiger partial charge in [-0.25, -0.2) is 0 Å². The van der Waals surface area contributed by atoms with Gasteiger partial charge >= 0.3 is 0 Å². The van der Waals surface area contributed by atoms with Crippen molar-refractivity contribution in [3.63, 3.8) is 0 Å². The summed E-state index contributed by atoms with van der Waals surface area (Å²) in [5, 5.41) is 6.40. The minimum atomic E-state index is -0.0794. The lowest BCUT2D eigenvalue weighted by Crippen LogP contribution is -2.46. The van der Waals surface area contributed by atoms with Gasteiger partial charge in [0.1, 0.15) is 5.75 Å². The fraction of sp³-hybridized carbons (Fsp3) is 0.400. The van der Waals surface area contributed by atoms with Gasteiger partial charge in [-0.05, 0) is 55.1 Å². The lowest BCUT2D eigenvalue weighted by atomic mass is 10.2. The molecule has 0 spiro atoms. The van der Waals surface area contributed by atoms with Crippen LogP contribution in [0.15, 0.2) is 53.9 Å². The number of carbonyl (C=O) groups excluding carboxylic acids is 1. The molecule has 1 amide bonds. The molecule has 3 aromatic rings. The van der Waals surface area contributed by atoms with E-state index in [-0.39, 0.29) is 5.91 Å². The standard InChI is InChI=1S/C25H30ClN3O2S/c26-11-9-25(30)27-20-5-3-6-21(19-20)31-17-2-1-12-28-13-15-29(16-14-28)23-7-4-8-24-22(23)10-18-32-24/h3-8,10,18-19H,1-2,9,11-17H2,(H,27,30). The third-order valence-corrected chi connectivity index (χ3v) is 6.83. The fourth-order valence-corrected chi connectivity index (χ4v) is 5.05. The first-order valence-corrected chi connectivity index (χ1v) is 12.7. The van der Waals surface area contributed by atoms with Crippen LogP contribution in [0.2, 0.25) is 0 Å². The van der Waals surface area contributed by atoms with E-state index in [1.54, 1.807) is 0 Å². The van der Waals surface area contributed by atoms with Gasteiger partial charge in [0.15, 0.2) is 0 Å². The zero-order valence-electron chi connectivity index (χ0n) is 18.3. The summed E-state index contributed by atoms with van der Waals surface area (Å²) in [4.78, 5) is 16.8. The van der Waals surface area contributed by atoms with Crippen molar-refractivity contribution in [1.82, 2.24) is 4.90 Å². The largest absolute Gasteiger partial charge is 0.494 e. The molecule has 0 bridgehead atoms. The molecule has 1 N–H and O–H groups in total. The Hall–Kier alpha value is -2.28. The van der Waals surface area contributed by atoms with Gasteiger partial charge < -0.3 is 15.0 Å². The molecule has 1 saturated heterocycles. The van der Waals surface area contributed by atoms with E-state index in [0.29, 0.717) is 18.9 Å². The second-order valence-corrected chi connectivity index (χ2v) is 9.33. The first-order chi connectivity index (χ1) is 15.7. The van der Waals surface area contributed by atoms with E-state index in [1.165, 1.54) is 15.8 Å². The molecule has 5 nitrogen and oxygen atoms in total. The first kappa shape index (κ1) is 22.9. The molecule has 2 heterocycles. The van der Waals surface area contributed by atoms with Crippen molar-refractivity contribution in [1.29, 1.82) is 0 Å². The van der Waals surface area contributed by atoms with Crippen LogP contribution in [0.4, 0.5) is 11.4 Å². The summed E-state index contributed by atoms with van der Waals surface area (Å²) in [7, 11) is 0. The molecule has 0 aliphatic carbocycles. The molecule has 2 aromatic carbocycles. The number of hydrogen-bond acceptors (Lipinski definition) is 5. The molecule has 1 aromatic heterocycles. The summed E-state index contributed by atoms with van der Waals surface area (Å²) >= 11 is 7.42. The molecular formula is C25H30ClN3O2S. The van der Waals surface area contributed by atoms with E-state index in [0.717, 1.165) is 57.0 Å². The van der Waals surface area contributed by atoms with Gasteiger partial charge in [-0.1, -0.05) is 12.1 Å². The van der Waals surface area contributed by atoms with Crippen LogP contribution in [0.5, 0.6) is 5.75 Å². The number of unbranched alkanes of at least 4 members (excludes halogenated alkanes) is 1. The number of rotatable bonds is 10. The average Bonchev–Trinajstić information content (AvgIpc) is 3.29. The van der Waals surface area contributed by atoms with Gasteiger partial charge in [-0.15, -0.1) is 22.9 Å². The molecule has 170 valence electrons. The summed E-state index contributed by atoms with van der Waals surface area (Å²) < 4.78 is 7.25. The van der Waals surface area contributed by atoms with E-state index >= 15 is 0 Å². The number of benzene rings is 2. The number of piperazine rings is 1. The lowest BCUT2D eigenvalue weighted by Gasteiger charge is -2.36. The number of nitrogens with one attached hydrogen (secondary N) is 1. The molecule has 0 radical (unpaired) electrons. The SMILES string of the molecule is O=C(CCCl)Nc1cccc(OCCCCN2CCN(c3cccc4sccc34)CC2)c1. The Bertz CT molecular complexity index is 1020. The Morgan fingerprint density at radius 3 is 2.75 bits per heavy atom. The van der Waals surface area contributed by atoms with Gasteiger partial charge in [0.25, 0.3) is 0 Å².